The molecule has 0 radical (unpaired) electrons. The van der Waals surface area contributed by atoms with E-state index in [1.54, 1.807) is 11.0 Å². The number of para-hydroxylation sites is 1. The van der Waals surface area contributed by atoms with Crippen molar-refractivity contribution in [1.82, 2.24) is 19.9 Å². The van der Waals surface area contributed by atoms with Crippen LogP contribution in [0.5, 0.6) is 5.75 Å². The third-order valence-electron chi connectivity index (χ3n) is 4.87. The Bertz CT molecular complexity index is 1180. The molecular formula is C22H19F2N5O2. The summed E-state index contributed by atoms with van der Waals surface area (Å²) < 4.78 is 32.2. The number of carbonyl (C=O) groups excluding carboxylic acids is 1. The monoisotopic (exact) mass is 423 g/mol. The molecule has 0 unspecified atom stereocenters. The van der Waals surface area contributed by atoms with Gasteiger partial charge in [0.25, 0.3) is 0 Å². The van der Waals surface area contributed by atoms with Gasteiger partial charge in [0.1, 0.15) is 24.4 Å². The standard InChI is InChI=1S/C22H19F2N5O2/c1-2-19(30)29-9-8-15(12-29)28-22-16-11-14(27-21(16)25-13-26-22)5-4-10-31-20-17(23)6-3-7-18(20)24/h2-3,6-7,11,13,15H,1,8-10,12H2,(H2,25,26,27,28)/t15-/m1/s1. The van der Waals surface area contributed by atoms with E-state index in [0.29, 0.717) is 30.2 Å². The van der Waals surface area contributed by atoms with Gasteiger partial charge in [0.15, 0.2) is 17.4 Å². The first-order valence-corrected chi connectivity index (χ1v) is 9.62. The number of likely N-dealkylation sites (tertiary alicyclic amines) is 1. The maximum absolute atomic E-state index is 13.6. The lowest BCUT2D eigenvalue weighted by Crippen LogP contribution is -2.30. The lowest BCUT2D eigenvalue weighted by molar-refractivity contribution is -0.125. The van der Waals surface area contributed by atoms with Gasteiger partial charge in [-0.1, -0.05) is 18.6 Å². The molecule has 0 saturated carbocycles. The number of nitrogens with zero attached hydrogens (tertiary/aromatic N) is 3. The summed E-state index contributed by atoms with van der Waals surface area (Å²) in [5.74, 6) is 4.12. The molecule has 1 aliphatic rings. The van der Waals surface area contributed by atoms with Crippen LogP contribution in [0.3, 0.4) is 0 Å². The van der Waals surface area contributed by atoms with Crippen molar-refractivity contribution in [3.05, 3.63) is 60.6 Å². The summed E-state index contributed by atoms with van der Waals surface area (Å²) in [7, 11) is 0. The lowest BCUT2D eigenvalue weighted by atomic mass is 10.2. The van der Waals surface area contributed by atoms with E-state index in [9.17, 15) is 13.6 Å². The fraction of sp³-hybridized carbons (Fsp3) is 0.227. The number of halogens is 2. The summed E-state index contributed by atoms with van der Waals surface area (Å²) >= 11 is 0. The molecule has 3 aromatic rings. The van der Waals surface area contributed by atoms with Crippen LogP contribution in [0.4, 0.5) is 14.6 Å². The first-order chi connectivity index (χ1) is 15.0. The molecule has 1 atom stereocenters. The molecule has 0 spiro atoms. The third kappa shape index (κ3) is 4.48. The Kier molecular flexibility index (Phi) is 5.80. The van der Waals surface area contributed by atoms with Gasteiger partial charge in [0.2, 0.25) is 5.91 Å². The summed E-state index contributed by atoms with van der Waals surface area (Å²) in [6.45, 7) is 4.56. The zero-order chi connectivity index (χ0) is 21.8. The number of fused-ring (bicyclic) bond motifs is 1. The van der Waals surface area contributed by atoms with Crippen LogP contribution >= 0.6 is 0 Å². The molecule has 2 aromatic heterocycles. The average molecular weight is 423 g/mol. The van der Waals surface area contributed by atoms with Crippen LogP contribution in [0.2, 0.25) is 0 Å². The van der Waals surface area contributed by atoms with E-state index in [1.165, 1.54) is 18.5 Å². The molecule has 0 bridgehead atoms. The van der Waals surface area contributed by atoms with E-state index in [0.717, 1.165) is 23.9 Å². The molecule has 1 saturated heterocycles. The number of nitrogens with one attached hydrogen (secondary N) is 2. The molecular weight excluding hydrogens is 404 g/mol. The van der Waals surface area contributed by atoms with Crippen LogP contribution in [-0.2, 0) is 4.79 Å². The highest BCUT2D eigenvalue weighted by molar-refractivity contribution is 5.89. The smallest absolute Gasteiger partial charge is 0.246 e. The second-order valence-corrected chi connectivity index (χ2v) is 6.93. The van der Waals surface area contributed by atoms with Crippen molar-refractivity contribution in [2.75, 3.05) is 25.0 Å². The summed E-state index contributed by atoms with van der Waals surface area (Å²) in [6, 6.07) is 5.35. The number of hydrogen-bond acceptors (Lipinski definition) is 5. The summed E-state index contributed by atoms with van der Waals surface area (Å²) in [5.41, 5.74) is 1.16. The Morgan fingerprint density at radius 1 is 1.39 bits per heavy atom. The maximum Gasteiger partial charge on any atom is 0.246 e. The van der Waals surface area contributed by atoms with Crippen molar-refractivity contribution < 1.29 is 18.3 Å². The molecule has 158 valence electrons. The van der Waals surface area contributed by atoms with E-state index in [4.69, 9.17) is 4.74 Å². The van der Waals surface area contributed by atoms with E-state index in [-0.39, 0.29) is 18.6 Å². The fourth-order valence-corrected chi connectivity index (χ4v) is 3.38. The van der Waals surface area contributed by atoms with Gasteiger partial charge in [-0.15, -0.1) is 0 Å². The van der Waals surface area contributed by atoms with Crippen molar-refractivity contribution in [3.8, 4) is 17.6 Å². The van der Waals surface area contributed by atoms with Crippen LogP contribution < -0.4 is 10.1 Å². The molecule has 1 fully saturated rings. The van der Waals surface area contributed by atoms with Crippen LogP contribution in [0.15, 0.2) is 43.2 Å². The van der Waals surface area contributed by atoms with Gasteiger partial charge in [-0.25, -0.2) is 18.7 Å². The molecule has 1 aromatic carbocycles. The summed E-state index contributed by atoms with van der Waals surface area (Å²) in [4.78, 5) is 25.1. The number of rotatable bonds is 5. The third-order valence-corrected chi connectivity index (χ3v) is 4.87. The van der Waals surface area contributed by atoms with Gasteiger partial charge in [-0.05, 0) is 36.6 Å². The number of hydrogen-bond donors (Lipinski definition) is 2. The van der Waals surface area contributed by atoms with Gasteiger partial charge in [0.05, 0.1) is 11.1 Å². The van der Waals surface area contributed by atoms with Gasteiger partial charge >= 0.3 is 0 Å². The Balaban J connectivity index is 1.44. The molecule has 0 aliphatic carbocycles. The van der Waals surface area contributed by atoms with E-state index < -0.39 is 17.4 Å². The van der Waals surface area contributed by atoms with E-state index >= 15 is 0 Å². The predicted molar refractivity (Wildman–Crippen MR) is 111 cm³/mol. The van der Waals surface area contributed by atoms with E-state index in [1.807, 2.05) is 0 Å². The number of carbonyl (C=O) groups is 1. The van der Waals surface area contributed by atoms with Crippen molar-refractivity contribution in [1.29, 1.82) is 0 Å². The van der Waals surface area contributed by atoms with Crippen LogP contribution in [-0.4, -0.2) is 51.5 Å². The zero-order valence-corrected chi connectivity index (χ0v) is 16.5. The topological polar surface area (TPSA) is 83.1 Å². The lowest BCUT2D eigenvalue weighted by Gasteiger charge is -2.15. The normalized spacial score (nSPS) is 15.4. The summed E-state index contributed by atoms with van der Waals surface area (Å²) in [6.07, 6.45) is 3.54. The van der Waals surface area contributed by atoms with Gasteiger partial charge < -0.3 is 19.9 Å². The van der Waals surface area contributed by atoms with Crippen LogP contribution in [0, 0.1) is 23.5 Å². The minimum Gasteiger partial charge on any atom is -0.475 e. The molecule has 4 rings (SSSR count). The van der Waals surface area contributed by atoms with Gasteiger partial charge in [-0.3, -0.25) is 4.79 Å². The number of H-pyrrole nitrogens is 1. The second kappa shape index (κ2) is 8.83. The highest BCUT2D eigenvalue weighted by Crippen LogP contribution is 2.23. The first kappa shape index (κ1) is 20.3. The Labute approximate surface area is 177 Å². The number of amides is 1. The van der Waals surface area contributed by atoms with Gasteiger partial charge in [0, 0.05) is 19.1 Å². The molecule has 2 N–H and O–H groups in total. The van der Waals surface area contributed by atoms with Crippen molar-refractivity contribution >= 4 is 22.8 Å². The average Bonchev–Trinajstić information content (AvgIpc) is 3.39. The number of aromatic amines is 1. The van der Waals surface area contributed by atoms with Crippen molar-refractivity contribution in [2.24, 2.45) is 0 Å². The predicted octanol–water partition coefficient (Wildman–Crippen LogP) is 2.87. The zero-order valence-electron chi connectivity index (χ0n) is 16.5. The molecule has 31 heavy (non-hydrogen) atoms. The van der Waals surface area contributed by atoms with Crippen molar-refractivity contribution in [3.63, 3.8) is 0 Å². The number of benzene rings is 1. The Morgan fingerprint density at radius 2 is 2.19 bits per heavy atom. The number of ether oxygens (including phenoxy) is 1. The van der Waals surface area contributed by atoms with Crippen LogP contribution in [0.25, 0.3) is 11.0 Å². The molecule has 1 amide bonds. The highest BCUT2D eigenvalue weighted by atomic mass is 19.1. The Hall–Kier alpha value is -3.93. The van der Waals surface area contributed by atoms with Crippen molar-refractivity contribution in [2.45, 2.75) is 12.5 Å². The summed E-state index contributed by atoms with van der Waals surface area (Å²) in [5, 5.41) is 4.10. The fourth-order valence-electron chi connectivity index (χ4n) is 3.38. The second-order valence-electron chi connectivity index (χ2n) is 6.93. The van der Waals surface area contributed by atoms with E-state index in [2.05, 4.69) is 38.7 Å². The van der Waals surface area contributed by atoms with Crippen LogP contribution in [0.1, 0.15) is 12.1 Å². The minimum atomic E-state index is -0.779. The highest BCUT2D eigenvalue weighted by Gasteiger charge is 2.25. The first-order valence-electron chi connectivity index (χ1n) is 9.62. The Morgan fingerprint density at radius 3 is 2.97 bits per heavy atom. The number of aromatic nitrogens is 3. The van der Waals surface area contributed by atoms with Gasteiger partial charge in [-0.2, -0.15) is 0 Å². The number of anilines is 1. The quantitative estimate of drug-likeness (QED) is 0.487. The molecule has 9 heteroatoms. The maximum atomic E-state index is 13.6. The molecule has 1 aliphatic heterocycles. The SMILES string of the molecule is C=CC(=O)N1CC[C@@H](Nc2ncnc3[nH]c(C#CCOc4c(F)cccc4F)cc23)C1. The molecule has 3 heterocycles. The minimum absolute atomic E-state index is 0.0653. The largest absolute Gasteiger partial charge is 0.475 e. The molecule has 7 nitrogen and oxygen atoms in total.